The summed E-state index contributed by atoms with van der Waals surface area (Å²) in [6.45, 7) is 0.584. The van der Waals surface area contributed by atoms with Crippen LogP contribution in [0.15, 0.2) is 83.9 Å². The van der Waals surface area contributed by atoms with Crippen molar-refractivity contribution >= 4 is 28.1 Å². The minimum Gasteiger partial charge on any atom is -0.493 e. The Morgan fingerprint density at radius 3 is 2.34 bits per heavy atom. The SMILES string of the molecule is COc1cc2c(cc1OC)N(C)C(=O)CN=C2c1ccc2cc(OCc3ccccc3)ccc2c1. The lowest BCUT2D eigenvalue weighted by atomic mass is 9.97. The topological polar surface area (TPSA) is 60.4 Å². The van der Waals surface area contributed by atoms with Crippen molar-refractivity contribution in [3.63, 3.8) is 0 Å². The lowest BCUT2D eigenvalue weighted by molar-refractivity contribution is -0.116. The lowest BCUT2D eigenvalue weighted by Crippen LogP contribution is -2.27. The molecule has 0 aromatic heterocycles. The van der Waals surface area contributed by atoms with E-state index in [0.717, 1.165) is 44.6 Å². The first kappa shape index (κ1) is 22.5. The molecule has 0 spiro atoms. The number of aliphatic imine (C=N–C) groups is 1. The molecule has 176 valence electrons. The van der Waals surface area contributed by atoms with Gasteiger partial charge in [-0.2, -0.15) is 0 Å². The summed E-state index contributed by atoms with van der Waals surface area (Å²) in [6, 6.07) is 26.0. The molecule has 0 unspecified atom stereocenters. The summed E-state index contributed by atoms with van der Waals surface area (Å²) in [5.74, 6) is 1.88. The van der Waals surface area contributed by atoms with Gasteiger partial charge in [0.05, 0.1) is 25.6 Å². The number of nitrogens with zero attached hydrogens (tertiary/aromatic N) is 2. The minimum atomic E-state index is -0.0885. The van der Waals surface area contributed by atoms with Crippen molar-refractivity contribution in [3.8, 4) is 17.2 Å². The summed E-state index contributed by atoms with van der Waals surface area (Å²) >= 11 is 0. The number of hydrogen-bond donors (Lipinski definition) is 0. The molecular weight excluding hydrogens is 440 g/mol. The van der Waals surface area contributed by atoms with Crippen LogP contribution in [0.4, 0.5) is 5.69 Å². The van der Waals surface area contributed by atoms with Crippen molar-refractivity contribution in [2.24, 2.45) is 4.99 Å². The third kappa shape index (κ3) is 4.43. The summed E-state index contributed by atoms with van der Waals surface area (Å²) in [5.41, 5.74) is 4.34. The Morgan fingerprint density at radius 2 is 1.57 bits per heavy atom. The third-order valence-electron chi connectivity index (χ3n) is 6.20. The van der Waals surface area contributed by atoms with Gasteiger partial charge in [0, 0.05) is 24.2 Å². The second-order valence-electron chi connectivity index (χ2n) is 8.34. The van der Waals surface area contributed by atoms with Crippen molar-refractivity contribution in [1.82, 2.24) is 0 Å². The molecule has 0 N–H and O–H groups in total. The zero-order chi connectivity index (χ0) is 24.4. The van der Waals surface area contributed by atoms with Crippen LogP contribution in [0.2, 0.25) is 0 Å². The number of likely N-dealkylation sites (N-methyl/N-ethyl adjacent to an activating group) is 1. The molecule has 1 heterocycles. The number of fused-ring (bicyclic) bond motifs is 2. The maximum absolute atomic E-state index is 12.7. The number of carbonyl (C=O) groups excluding carboxylic acids is 1. The van der Waals surface area contributed by atoms with Crippen LogP contribution in [0.5, 0.6) is 17.2 Å². The molecule has 5 rings (SSSR count). The fourth-order valence-corrected chi connectivity index (χ4v) is 4.26. The van der Waals surface area contributed by atoms with E-state index < -0.39 is 0 Å². The number of methoxy groups -OCH3 is 2. The Hall–Kier alpha value is -4.32. The Labute approximate surface area is 204 Å². The number of benzodiazepines with no additional fused rings is 1. The molecule has 1 amide bonds. The highest BCUT2D eigenvalue weighted by Gasteiger charge is 2.25. The van der Waals surface area contributed by atoms with Crippen molar-refractivity contribution < 1.29 is 19.0 Å². The van der Waals surface area contributed by atoms with E-state index >= 15 is 0 Å². The summed E-state index contributed by atoms with van der Waals surface area (Å²) in [6.07, 6.45) is 0. The smallest absolute Gasteiger partial charge is 0.248 e. The fraction of sp³-hybridized carbons (Fsp3) is 0.172. The molecule has 0 bridgehead atoms. The highest BCUT2D eigenvalue weighted by molar-refractivity contribution is 6.20. The molecule has 35 heavy (non-hydrogen) atoms. The maximum atomic E-state index is 12.7. The number of benzene rings is 4. The van der Waals surface area contributed by atoms with E-state index in [2.05, 4.69) is 17.1 Å². The van der Waals surface area contributed by atoms with Crippen LogP contribution in [0, 0.1) is 0 Å². The predicted molar refractivity (Wildman–Crippen MR) is 138 cm³/mol. The monoisotopic (exact) mass is 466 g/mol. The fourth-order valence-electron chi connectivity index (χ4n) is 4.26. The van der Waals surface area contributed by atoms with Crippen LogP contribution < -0.4 is 19.1 Å². The first-order valence-corrected chi connectivity index (χ1v) is 11.4. The first-order valence-electron chi connectivity index (χ1n) is 11.4. The zero-order valence-corrected chi connectivity index (χ0v) is 19.9. The van der Waals surface area contributed by atoms with Crippen LogP contribution >= 0.6 is 0 Å². The van der Waals surface area contributed by atoms with Gasteiger partial charge < -0.3 is 19.1 Å². The molecular formula is C29H26N2O4. The van der Waals surface area contributed by atoms with Gasteiger partial charge in [0.2, 0.25) is 5.91 Å². The Bertz CT molecular complexity index is 1430. The van der Waals surface area contributed by atoms with Crippen LogP contribution in [0.1, 0.15) is 16.7 Å². The van der Waals surface area contributed by atoms with E-state index in [-0.39, 0.29) is 12.5 Å². The van der Waals surface area contributed by atoms with Gasteiger partial charge in [-0.1, -0.05) is 48.5 Å². The number of carbonyl (C=O) groups is 1. The highest BCUT2D eigenvalue weighted by Crippen LogP contribution is 2.37. The molecule has 6 heteroatoms. The molecule has 4 aromatic carbocycles. The maximum Gasteiger partial charge on any atom is 0.248 e. The number of rotatable bonds is 6. The number of hydrogen-bond acceptors (Lipinski definition) is 5. The van der Waals surface area contributed by atoms with E-state index in [1.807, 2.05) is 66.7 Å². The Kier molecular flexibility index (Phi) is 6.10. The summed E-state index contributed by atoms with van der Waals surface area (Å²) in [4.78, 5) is 19.0. The Morgan fingerprint density at radius 1 is 0.857 bits per heavy atom. The third-order valence-corrected chi connectivity index (χ3v) is 6.20. The normalized spacial score (nSPS) is 13.2. The molecule has 0 radical (unpaired) electrons. The zero-order valence-electron chi connectivity index (χ0n) is 19.9. The first-order chi connectivity index (χ1) is 17.1. The van der Waals surface area contributed by atoms with Crippen LogP contribution in [0.25, 0.3) is 10.8 Å². The Balaban J connectivity index is 1.51. The largest absolute Gasteiger partial charge is 0.493 e. The van der Waals surface area contributed by atoms with Gasteiger partial charge in [-0.3, -0.25) is 9.79 Å². The summed E-state index contributed by atoms with van der Waals surface area (Å²) in [5, 5.41) is 2.12. The van der Waals surface area contributed by atoms with E-state index in [9.17, 15) is 4.79 Å². The van der Waals surface area contributed by atoms with Crippen LogP contribution in [0.3, 0.4) is 0 Å². The van der Waals surface area contributed by atoms with E-state index in [1.54, 1.807) is 26.2 Å². The quantitative estimate of drug-likeness (QED) is 0.389. The van der Waals surface area contributed by atoms with Crippen molar-refractivity contribution in [2.75, 3.05) is 32.7 Å². The highest BCUT2D eigenvalue weighted by atomic mass is 16.5. The number of amides is 1. The molecule has 0 saturated heterocycles. The van der Waals surface area contributed by atoms with Crippen LogP contribution in [-0.4, -0.2) is 39.4 Å². The van der Waals surface area contributed by atoms with E-state index in [4.69, 9.17) is 14.2 Å². The van der Waals surface area contributed by atoms with Crippen molar-refractivity contribution in [3.05, 3.63) is 95.6 Å². The van der Waals surface area contributed by atoms with Gasteiger partial charge in [-0.25, -0.2) is 0 Å². The van der Waals surface area contributed by atoms with Crippen molar-refractivity contribution in [2.45, 2.75) is 6.61 Å². The van der Waals surface area contributed by atoms with Gasteiger partial charge in [-0.05, 0) is 40.6 Å². The molecule has 4 aromatic rings. The second-order valence-corrected chi connectivity index (χ2v) is 8.34. The van der Waals surface area contributed by atoms with Gasteiger partial charge in [0.1, 0.15) is 18.9 Å². The van der Waals surface area contributed by atoms with Gasteiger partial charge in [0.25, 0.3) is 0 Å². The standard InChI is InChI=1S/C29H26N2O4/c1-31-25-16-27(34-3)26(33-2)15-24(25)29(30-17-28(31)32)22-10-9-21-14-23(12-11-20(21)13-22)35-18-19-7-5-4-6-8-19/h4-16H,17-18H2,1-3H3. The number of ether oxygens (including phenoxy) is 3. The molecule has 1 aliphatic heterocycles. The summed E-state index contributed by atoms with van der Waals surface area (Å²) in [7, 11) is 4.93. The molecule has 6 nitrogen and oxygen atoms in total. The second kappa shape index (κ2) is 9.50. The summed E-state index contributed by atoms with van der Waals surface area (Å²) < 4.78 is 17.0. The average Bonchev–Trinajstić information content (AvgIpc) is 3.02. The van der Waals surface area contributed by atoms with Gasteiger partial charge >= 0.3 is 0 Å². The number of anilines is 1. The molecule has 0 aliphatic carbocycles. The average molecular weight is 467 g/mol. The van der Waals surface area contributed by atoms with E-state index in [0.29, 0.717) is 18.1 Å². The molecule has 1 aliphatic rings. The van der Waals surface area contributed by atoms with Gasteiger partial charge in [-0.15, -0.1) is 0 Å². The predicted octanol–water partition coefficient (Wildman–Crippen LogP) is 5.25. The van der Waals surface area contributed by atoms with Crippen molar-refractivity contribution in [1.29, 1.82) is 0 Å². The molecule has 0 saturated carbocycles. The van der Waals surface area contributed by atoms with Crippen LogP contribution in [-0.2, 0) is 11.4 Å². The lowest BCUT2D eigenvalue weighted by Gasteiger charge is -2.20. The molecule has 0 fully saturated rings. The molecule has 0 atom stereocenters. The van der Waals surface area contributed by atoms with E-state index in [1.165, 1.54) is 0 Å². The van der Waals surface area contributed by atoms with Gasteiger partial charge in [0.15, 0.2) is 11.5 Å². The minimum absolute atomic E-state index is 0.0649.